The standard InChI is InChI=1S/C28H30N4O4S/c1-31(2)22-15-32(16-22)26(35)19-9-7-18(8-10-19)23-17-37-24(30-23)14-29-27(36)28(13-25(33)34)11-20-5-3-4-6-21(20)12-28/h3-10,17,22H,11-16H2,1-2H3,(H,29,36)(H,33,34). The van der Waals surface area contributed by atoms with Crippen LogP contribution in [-0.2, 0) is 29.0 Å². The molecule has 0 unspecified atom stereocenters. The van der Waals surface area contributed by atoms with E-state index in [9.17, 15) is 19.5 Å². The van der Waals surface area contributed by atoms with Crippen LogP contribution < -0.4 is 5.32 Å². The van der Waals surface area contributed by atoms with Crippen LogP contribution in [0.2, 0.25) is 0 Å². The number of aliphatic carboxylic acids is 1. The lowest BCUT2D eigenvalue weighted by atomic mass is 9.80. The molecule has 37 heavy (non-hydrogen) atoms. The number of nitrogens with zero attached hydrogens (tertiary/aromatic N) is 3. The Labute approximate surface area is 219 Å². The van der Waals surface area contributed by atoms with Gasteiger partial charge in [0.2, 0.25) is 5.91 Å². The number of amides is 2. The number of hydrogen-bond acceptors (Lipinski definition) is 6. The van der Waals surface area contributed by atoms with Gasteiger partial charge in [0.25, 0.3) is 5.91 Å². The van der Waals surface area contributed by atoms with E-state index in [0.29, 0.717) is 24.4 Å². The lowest BCUT2D eigenvalue weighted by molar-refractivity contribution is -0.145. The van der Waals surface area contributed by atoms with Gasteiger partial charge in [0.05, 0.1) is 24.1 Å². The number of benzene rings is 2. The first kappa shape index (κ1) is 25.1. The molecular formula is C28H30N4O4S. The molecule has 1 saturated heterocycles. The Balaban J connectivity index is 1.21. The van der Waals surface area contributed by atoms with E-state index in [1.807, 2.05) is 72.9 Å². The molecule has 0 atom stereocenters. The Kier molecular flexibility index (Phi) is 6.83. The number of likely N-dealkylation sites (tertiary alicyclic amines) is 1. The molecule has 0 spiro atoms. The number of hydrogen-bond donors (Lipinski definition) is 2. The van der Waals surface area contributed by atoms with E-state index < -0.39 is 11.4 Å². The fraction of sp³-hybridized carbons (Fsp3) is 0.357. The van der Waals surface area contributed by atoms with E-state index in [0.717, 1.165) is 40.5 Å². The van der Waals surface area contributed by atoms with E-state index in [1.54, 1.807) is 0 Å². The number of carboxylic acids is 1. The van der Waals surface area contributed by atoms with Crippen LogP contribution in [-0.4, -0.2) is 70.9 Å². The molecule has 8 nitrogen and oxygen atoms in total. The second kappa shape index (κ2) is 10.1. The molecule has 192 valence electrons. The van der Waals surface area contributed by atoms with Crippen LogP contribution in [0, 0.1) is 5.41 Å². The quantitative estimate of drug-likeness (QED) is 0.475. The largest absolute Gasteiger partial charge is 0.481 e. The maximum absolute atomic E-state index is 13.2. The monoisotopic (exact) mass is 518 g/mol. The van der Waals surface area contributed by atoms with Crippen molar-refractivity contribution in [2.45, 2.75) is 31.8 Å². The maximum Gasteiger partial charge on any atom is 0.304 e. The first-order valence-electron chi connectivity index (χ1n) is 12.3. The highest BCUT2D eigenvalue weighted by molar-refractivity contribution is 7.09. The first-order chi connectivity index (χ1) is 17.7. The third-order valence-electron chi connectivity index (χ3n) is 7.41. The molecule has 2 N–H and O–H groups in total. The van der Waals surface area contributed by atoms with Crippen molar-refractivity contribution in [1.29, 1.82) is 0 Å². The average Bonchev–Trinajstić information content (AvgIpc) is 3.46. The molecule has 9 heteroatoms. The average molecular weight is 519 g/mol. The van der Waals surface area contributed by atoms with Crippen LogP contribution in [0.5, 0.6) is 0 Å². The smallest absolute Gasteiger partial charge is 0.304 e. The molecule has 2 amide bonds. The molecule has 2 aromatic carbocycles. The van der Waals surface area contributed by atoms with Crippen molar-refractivity contribution >= 4 is 29.1 Å². The molecule has 1 fully saturated rings. The van der Waals surface area contributed by atoms with Crippen LogP contribution >= 0.6 is 11.3 Å². The van der Waals surface area contributed by atoms with Gasteiger partial charge in [0, 0.05) is 35.6 Å². The number of thiazole rings is 1. The Bertz CT molecular complexity index is 1300. The van der Waals surface area contributed by atoms with Gasteiger partial charge in [0.1, 0.15) is 5.01 Å². The van der Waals surface area contributed by atoms with Gasteiger partial charge in [-0.2, -0.15) is 0 Å². The molecule has 3 aromatic rings. The highest BCUT2D eigenvalue weighted by atomic mass is 32.1. The second-order valence-electron chi connectivity index (χ2n) is 10.2. The minimum atomic E-state index is -0.985. The predicted octanol–water partition coefficient (Wildman–Crippen LogP) is 3.07. The summed E-state index contributed by atoms with van der Waals surface area (Å²) in [5.41, 5.74) is 3.41. The zero-order valence-electron chi connectivity index (χ0n) is 20.9. The summed E-state index contributed by atoms with van der Waals surface area (Å²) in [6.07, 6.45) is 0.625. The van der Waals surface area contributed by atoms with Gasteiger partial charge < -0.3 is 20.2 Å². The number of carbonyl (C=O) groups excluding carboxylic acids is 2. The fourth-order valence-electron chi connectivity index (χ4n) is 5.13. The Morgan fingerprint density at radius 3 is 2.32 bits per heavy atom. The summed E-state index contributed by atoms with van der Waals surface area (Å²) in [4.78, 5) is 46.2. The maximum atomic E-state index is 13.2. The van der Waals surface area contributed by atoms with Crippen LogP contribution in [0.4, 0.5) is 0 Å². The summed E-state index contributed by atoms with van der Waals surface area (Å²) in [6, 6.07) is 15.6. The minimum Gasteiger partial charge on any atom is -0.481 e. The number of likely N-dealkylation sites (N-methyl/N-ethyl adjacent to an activating group) is 1. The third-order valence-corrected chi connectivity index (χ3v) is 8.26. The SMILES string of the molecule is CN(C)C1CN(C(=O)c2ccc(-c3csc(CNC(=O)C4(CC(=O)O)Cc5ccccc5C4)n3)cc2)C1. The summed E-state index contributed by atoms with van der Waals surface area (Å²) in [5.74, 6) is -1.20. The lowest BCUT2D eigenvalue weighted by Crippen LogP contribution is -2.59. The number of nitrogens with one attached hydrogen (secondary N) is 1. The van der Waals surface area contributed by atoms with Gasteiger partial charge in [-0.05, 0) is 50.2 Å². The van der Waals surface area contributed by atoms with Gasteiger partial charge in [0.15, 0.2) is 0 Å². The highest BCUT2D eigenvalue weighted by Gasteiger charge is 2.45. The topological polar surface area (TPSA) is 103 Å². The van der Waals surface area contributed by atoms with E-state index in [-0.39, 0.29) is 24.8 Å². The normalized spacial score (nSPS) is 16.4. The molecule has 2 aliphatic rings. The second-order valence-corrected chi connectivity index (χ2v) is 11.1. The van der Waals surface area contributed by atoms with Crippen LogP contribution in [0.1, 0.15) is 32.9 Å². The fourth-order valence-corrected chi connectivity index (χ4v) is 5.87. The molecule has 2 heterocycles. The van der Waals surface area contributed by atoms with Crippen molar-refractivity contribution < 1.29 is 19.5 Å². The predicted molar refractivity (Wildman–Crippen MR) is 141 cm³/mol. The number of aromatic nitrogens is 1. The summed E-state index contributed by atoms with van der Waals surface area (Å²) in [7, 11) is 4.05. The van der Waals surface area contributed by atoms with E-state index in [4.69, 9.17) is 0 Å². The van der Waals surface area contributed by atoms with Gasteiger partial charge in [-0.15, -0.1) is 11.3 Å². The molecule has 0 radical (unpaired) electrons. The first-order valence-corrected chi connectivity index (χ1v) is 13.2. The van der Waals surface area contributed by atoms with Crippen LogP contribution in [0.25, 0.3) is 11.3 Å². The molecular weight excluding hydrogens is 488 g/mol. The van der Waals surface area contributed by atoms with Crippen LogP contribution in [0.3, 0.4) is 0 Å². The molecule has 0 saturated carbocycles. The van der Waals surface area contributed by atoms with Crippen molar-refractivity contribution in [3.05, 3.63) is 75.6 Å². The lowest BCUT2D eigenvalue weighted by Gasteiger charge is -2.42. The molecule has 1 aliphatic heterocycles. The number of fused-ring (bicyclic) bond motifs is 1. The Morgan fingerprint density at radius 2 is 1.73 bits per heavy atom. The summed E-state index contributed by atoms with van der Waals surface area (Å²) in [5, 5.41) is 15.1. The highest BCUT2D eigenvalue weighted by Crippen LogP contribution is 2.40. The van der Waals surface area contributed by atoms with Crippen molar-refractivity contribution in [2.75, 3.05) is 27.2 Å². The number of carbonyl (C=O) groups is 3. The molecule has 0 bridgehead atoms. The van der Waals surface area contributed by atoms with Gasteiger partial charge >= 0.3 is 5.97 Å². The molecule has 1 aliphatic carbocycles. The summed E-state index contributed by atoms with van der Waals surface area (Å²) < 4.78 is 0. The van der Waals surface area contributed by atoms with Crippen molar-refractivity contribution in [2.24, 2.45) is 5.41 Å². The van der Waals surface area contributed by atoms with Gasteiger partial charge in [-0.1, -0.05) is 36.4 Å². The zero-order chi connectivity index (χ0) is 26.2. The van der Waals surface area contributed by atoms with Gasteiger partial charge in [-0.3, -0.25) is 14.4 Å². The van der Waals surface area contributed by atoms with Crippen molar-refractivity contribution in [3.8, 4) is 11.3 Å². The molecule has 5 rings (SSSR count). The Morgan fingerprint density at radius 1 is 1.08 bits per heavy atom. The van der Waals surface area contributed by atoms with E-state index in [1.165, 1.54) is 11.3 Å². The summed E-state index contributed by atoms with van der Waals surface area (Å²) in [6.45, 7) is 1.73. The van der Waals surface area contributed by atoms with E-state index >= 15 is 0 Å². The molecule has 1 aromatic heterocycles. The number of rotatable bonds is 8. The number of carboxylic acid groups (broad SMARTS) is 1. The van der Waals surface area contributed by atoms with E-state index in [2.05, 4.69) is 15.2 Å². The Hall–Kier alpha value is -3.56. The third kappa shape index (κ3) is 5.14. The minimum absolute atomic E-state index is 0.0377. The van der Waals surface area contributed by atoms with Crippen molar-refractivity contribution in [1.82, 2.24) is 20.1 Å². The zero-order valence-corrected chi connectivity index (χ0v) is 21.8. The summed E-state index contributed by atoms with van der Waals surface area (Å²) >= 11 is 1.44. The van der Waals surface area contributed by atoms with Gasteiger partial charge in [-0.25, -0.2) is 4.98 Å². The van der Waals surface area contributed by atoms with Crippen molar-refractivity contribution in [3.63, 3.8) is 0 Å². The van der Waals surface area contributed by atoms with Crippen LogP contribution in [0.15, 0.2) is 53.9 Å².